The average Bonchev–Trinajstić information content (AvgIpc) is 3.26. The number of ether oxygens (including phenoxy) is 1. The van der Waals surface area contributed by atoms with Crippen molar-refractivity contribution < 1.29 is 19.1 Å². The van der Waals surface area contributed by atoms with E-state index in [1.807, 2.05) is 18.2 Å². The zero-order valence-electron chi connectivity index (χ0n) is 16.7. The molecule has 0 aliphatic carbocycles. The summed E-state index contributed by atoms with van der Waals surface area (Å²) in [6, 6.07) is 13.6. The molecule has 158 valence electrons. The summed E-state index contributed by atoms with van der Waals surface area (Å²) in [5.41, 5.74) is 1.13. The maximum Gasteiger partial charge on any atom is 0.255 e. The molecule has 0 spiro atoms. The molecule has 30 heavy (non-hydrogen) atoms. The van der Waals surface area contributed by atoms with E-state index in [0.717, 1.165) is 12.0 Å². The van der Waals surface area contributed by atoms with Gasteiger partial charge in [0, 0.05) is 24.2 Å². The monoisotopic (exact) mass is 429 g/mol. The summed E-state index contributed by atoms with van der Waals surface area (Å²) in [7, 11) is 1.55. The molecule has 8 heteroatoms. The van der Waals surface area contributed by atoms with Crippen LogP contribution in [0.1, 0.15) is 28.8 Å². The zero-order chi connectivity index (χ0) is 21.5. The summed E-state index contributed by atoms with van der Waals surface area (Å²) >= 11 is 6.15. The Kier molecular flexibility index (Phi) is 7.30. The molecule has 1 aliphatic rings. The molecule has 2 aromatic rings. The number of hydrogen-bond donors (Lipinski definition) is 2. The lowest BCUT2D eigenvalue weighted by molar-refractivity contribution is -0.137. The summed E-state index contributed by atoms with van der Waals surface area (Å²) in [5.74, 6) is -0.505. The fourth-order valence-electron chi connectivity index (χ4n) is 3.41. The van der Waals surface area contributed by atoms with Gasteiger partial charge in [0.1, 0.15) is 18.4 Å². The van der Waals surface area contributed by atoms with E-state index in [0.29, 0.717) is 29.3 Å². The molecule has 1 atom stereocenters. The predicted molar refractivity (Wildman–Crippen MR) is 113 cm³/mol. The Morgan fingerprint density at radius 2 is 1.87 bits per heavy atom. The molecule has 3 amide bonds. The number of likely N-dealkylation sites (tertiary alicyclic amines) is 1. The van der Waals surface area contributed by atoms with Crippen LogP contribution in [-0.4, -0.2) is 48.8 Å². The standard InChI is InChI=1S/C22H24ClN3O4/c1-24-22(29)18-10-6-12-26(18)20(27)13-25-21(28)16-8-3-5-11-19(16)30-14-15-7-2-4-9-17(15)23/h2-5,7-9,11,18H,6,10,12-14H2,1H3,(H,24,29)(H,25,28). The van der Waals surface area contributed by atoms with Crippen LogP contribution in [0.15, 0.2) is 48.5 Å². The van der Waals surface area contributed by atoms with Crippen LogP contribution in [0.2, 0.25) is 5.02 Å². The first-order valence-electron chi connectivity index (χ1n) is 9.75. The number of carbonyl (C=O) groups excluding carboxylic acids is 3. The molecule has 1 saturated heterocycles. The molecule has 3 rings (SSSR count). The molecular weight excluding hydrogens is 406 g/mol. The van der Waals surface area contributed by atoms with Crippen molar-refractivity contribution in [3.8, 4) is 5.75 Å². The minimum Gasteiger partial charge on any atom is -0.488 e. The predicted octanol–water partition coefficient (Wildman–Crippen LogP) is 2.39. The van der Waals surface area contributed by atoms with E-state index < -0.39 is 11.9 Å². The maximum absolute atomic E-state index is 12.7. The van der Waals surface area contributed by atoms with Gasteiger partial charge < -0.3 is 20.3 Å². The van der Waals surface area contributed by atoms with E-state index in [2.05, 4.69) is 10.6 Å². The fourth-order valence-corrected chi connectivity index (χ4v) is 3.60. The van der Waals surface area contributed by atoms with Gasteiger partial charge >= 0.3 is 0 Å². The highest BCUT2D eigenvalue weighted by Gasteiger charge is 2.33. The van der Waals surface area contributed by atoms with Crippen molar-refractivity contribution in [3.05, 3.63) is 64.7 Å². The lowest BCUT2D eigenvalue weighted by Gasteiger charge is -2.23. The molecule has 1 aliphatic heterocycles. The molecular formula is C22H24ClN3O4. The summed E-state index contributed by atoms with van der Waals surface area (Å²) in [6.07, 6.45) is 1.38. The van der Waals surface area contributed by atoms with Gasteiger partial charge in [-0.3, -0.25) is 14.4 Å². The quantitative estimate of drug-likeness (QED) is 0.707. The minimum atomic E-state index is -0.481. The van der Waals surface area contributed by atoms with Gasteiger partial charge in [-0.15, -0.1) is 0 Å². The fraction of sp³-hybridized carbons (Fsp3) is 0.318. The van der Waals surface area contributed by atoms with E-state index in [1.165, 1.54) is 4.90 Å². The van der Waals surface area contributed by atoms with Gasteiger partial charge in [0.2, 0.25) is 11.8 Å². The van der Waals surface area contributed by atoms with Gasteiger partial charge in [-0.2, -0.15) is 0 Å². The van der Waals surface area contributed by atoms with Crippen LogP contribution < -0.4 is 15.4 Å². The maximum atomic E-state index is 12.7. The highest BCUT2D eigenvalue weighted by Crippen LogP contribution is 2.22. The first-order valence-corrected chi connectivity index (χ1v) is 10.1. The molecule has 1 heterocycles. The molecule has 1 unspecified atom stereocenters. The third-order valence-corrected chi connectivity index (χ3v) is 5.36. The number of likely N-dealkylation sites (N-methyl/N-ethyl adjacent to an activating group) is 1. The Hall–Kier alpha value is -3.06. The molecule has 7 nitrogen and oxygen atoms in total. The van der Waals surface area contributed by atoms with Crippen LogP contribution >= 0.6 is 11.6 Å². The topological polar surface area (TPSA) is 87.7 Å². The van der Waals surface area contributed by atoms with E-state index in [1.54, 1.807) is 37.4 Å². The lowest BCUT2D eigenvalue weighted by atomic mass is 10.2. The summed E-state index contributed by atoms with van der Waals surface area (Å²) in [6.45, 7) is 0.528. The van der Waals surface area contributed by atoms with Gasteiger partial charge in [0.25, 0.3) is 5.91 Å². The zero-order valence-corrected chi connectivity index (χ0v) is 17.4. The second-order valence-corrected chi connectivity index (χ2v) is 7.33. The van der Waals surface area contributed by atoms with Gasteiger partial charge in [0.05, 0.1) is 12.1 Å². The largest absolute Gasteiger partial charge is 0.488 e. The second kappa shape index (κ2) is 10.1. The third-order valence-electron chi connectivity index (χ3n) is 5.00. The molecule has 0 saturated carbocycles. The molecule has 0 radical (unpaired) electrons. The van der Waals surface area contributed by atoms with Gasteiger partial charge in [0.15, 0.2) is 0 Å². The first-order chi connectivity index (χ1) is 14.5. The molecule has 2 aromatic carbocycles. The van der Waals surface area contributed by atoms with Crippen molar-refractivity contribution in [1.82, 2.24) is 15.5 Å². The number of nitrogens with zero attached hydrogens (tertiary/aromatic N) is 1. The Balaban J connectivity index is 1.61. The van der Waals surface area contributed by atoms with Crippen molar-refractivity contribution in [3.63, 3.8) is 0 Å². The summed E-state index contributed by atoms with van der Waals surface area (Å²) in [4.78, 5) is 38.6. The number of hydrogen-bond acceptors (Lipinski definition) is 4. The van der Waals surface area contributed by atoms with Crippen molar-refractivity contribution in [2.24, 2.45) is 0 Å². The van der Waals surface area contributed by atoms with Crippen LogP contribution in [0, 0.1) is 0 Å². The number of benzene rings is 2. The Morgan fingerprint density at radius 1 is 1.13 bits per heavy atom. The minimum absolute atomic E-state index is 0.189. The van der Waals surface area contributed by atoms with Crippen LogP contribution in [0.25, 0.3) is 0 Å². The van der Waals surface area contributed by atoms with Gasteiger partial charge in [-0.1, -0.05) is 41.9 Å². The molecule has 0 aromatic heterocycles. The Bertz CT molecular complexity index is 934. The first kappa shape index (κ1) is 21.6. The average molecular weight is 430 g/mol. The summed E-state index contributed by atoms with van der Waals surface area (Å²) in [5, 5.41) is 5.80. The van der Waals surface area contributed by atoms with Crippen molar-refractivity contribution >= 4 is 29.3 Å². The lowest BCUT2D eigenvalue weighted by Crippen LogP contribution is -2.48. The smallest absolute Gasteiger partial charge is 0.255 e. The normalized spacial score (nSPS) is 15.5. The van der Waals surface area contributed by atoms with E-state index in [4.69, 9.17) is 16.3 Å². The highest BCUT2D eigenvalue weighted by molar-refractivity contribution is 6.31. The molecule has 1 fully saturated rings. The number of halogens is 1. The second-order valence-electron chi connectivity index (χ2n) is 6.92. The number of para-hydroxylation sites is 1. The third kappa shape index (κ3) is 5.10. The summed E-state index contributed by atoms with van der Waals surface area (Å²) < 4.78 is 5.80. The molecule has 2 N–H and O–H groups in total. The Labute approximate surface area is 180 Å². The number of rotatable bonds is 7. The van der Waals surface area contributed by atoms with Gasteiger partial charge in [-0.05, 0) is 31.0 Å². The SMILES string of the molecule is CNC(=O)C1CCCN1C(=O)CNC(=O)c1ccccc1OCc1ccccc1Cl. The van der Waals surface area contributed by atoms with Gasteiger partial charge in [-0.25, -0.2) is 0 Å². The van der Waals surface area contributed by atoms with Crippen LogP contribution in [-0.2, 0) is 16.2 Å². The van der Waals surface area contributed by atoms with E-state index in [9.17, 15) is 14.4 Å². The van der Waals surface area contributed by atoms with Crippen LogP contribution in [0.3, 0.4) is 0 Å². The van der Waals surface area contributed by atoms with Crippen LogP contribution in [0.5, 0.6) is 5.75 Å². The number of amides is 3. The Morgan fingerprint density at radius 3 is 2.63 bits per heavy atom. The number of carbonyl (C=O) groups is 3. The van der Waals surface area contributed by atoms with Crippen molar-refractivity contribution in [2.75, 3.05) is 20.1 Å². The van der Waals surface area contributed by atoms with E-state index in [-0.39, 0.29) is 25.0 Å². The van der Waals surface area contributed by atoms with Crippen molar-refractivity contribution in [2.45, 2.75) is 25.5 Å². The number of nitrogens with one attached hydrogen (secondary N) is 2. The molecule has 0 bridgehead atoms. The highest BCUT2D eigenvalue weighted by atomic mass is 35.5. The van der Waals surface area contributed by atoms with Crippen LogP contribution in [0.4, 0.5) is 0 Å². The van der Waals surface area contributed by atoms with E-state index >= 15 is 0 Å². The van der Waals surface area contributed by atoms with Crippen molar-refractivity contribution in [1.29, 1.82) is 0 Å².